The number of aromatic amines is 2. The quantitative estimate of drug-likeness (QED) is 0.226. The van der Waals surface area contributed by atoms with Gasteiger partial charge in [0.15, 0.2) is 0 Å². The number of alkyl carbamates (subject to hydrolysis) is 1. The highest BCUT2D eigenvalue weighted by molar-refractivity contribution is 5.82. The van der Waals surface area contributed by atoms with Crippen LogP contribution in [0.3, 0.4) is 0 Å². The SMILES string of the molecule is COC(=O)NCC(=O)N1CCC[C@H]1c1ncc(-c2ccc(-c3ccc(-c4cnc(CN(C)CC5(C)CCCO5)[nH]4)cc3)cc2)[nH]1. The van der Waals surface area contributed by atoms with E-state index in [-0.39, 0.29) is 24.1 Å². The van der Waals surface area contributed by atoms with Crippen LogP contribution in [0.25, 0.3) is 33.6 Å². The van der Waals surface area contributed by atoms with Gasteiger partial charge in [-0.25, -0.2) is 14.8 Å². The molecular formula is C34H41N7O4. The van der Waals surface area contributed by atoms with Crippen molar-refractivity contribution in [1.82, 2.24) is 35.1 Å². The van der Waals surface area contributed by atoms with Crippen LogP contribution in [-0.2, 0) is 20.8 Å². The maximum absolute atomic E-state index is 12.7. The third-order valence-corrected chi connectivity index (χ3v) is 8.73. The smallest absolute Gasteiger partial charge is 0.407 e. The second kappa shape index (κ2) is 13.3. The number of H-pyrrole nitrogens is 2. The van der Waals surface area contributed by atoms with E-state index in [9.17, 15) is 9.59 Å². The molecule has 2 atom stereocenters. The number of imidazole rings is 2. The lowest BCUT2D eigenvalue weighted by Gasteiger charge is -2.28. The summed E-state index contributed by atoms with van der Waals surface area (Å²) in [6.07, 6.45) is 7.02. The predicted octanol–water partition coefficient (Wildman–Crippen LogP) is 5.15. The third-order valence-electron chi connectivity index (χ3n) is 8.73. The van der Waals surface area contributed by atoms with Gasteiger partial charge in [0.25, 0.3) is 0 Å². The molecule has 11 heteroatoms. The molecule has 0 radical (unpaired) electrons. The molecule has 6 rings (SSSR count). The van der Waals surface area contributed by atoms with E-state index in [1.165, 1.54) is 7.11 Å². The fraction of sp³-hybridized carbons (Fsp3) is 0.412. The lowest BCUT2D eigenvalue weighted by atomic mass is 10.0. The van der Waals surface area contributed by atoms with Crippen LogP contribution >= 0.6 is 0 Å². The monoisotopic (exact) mass is 611 g/mol. The van der Waals surface area contributed by atoms with Crippen molar-refractivity contribution in [3.63, 3.8) is 0 Å². The topological polar surface area (TPSA) is 128 Å². The Kier molecular flexibility index (Phi) is 8.99. The molecule has 0 spiro atoms. The fourth-order valence-corrected chi connectivity index (χ4v) is 6.44. The predicted molar refractivity (Wildman–Crippen MR) is 171 cm³/mol. The third kappa shape index (κ3) is 7.10. The van der Waals surface area contributed by atoms with Crippen LogP contribution in [0.5, 0.6) is 0 Å². The molecule has 2 saturated heterocycles. The van der Waals surface area contributed by atoms with E-state index in [1.807, 2.05) is 12.4 Å². The minimum absolute atomic E-state index is 0.0644. The van der Waals surface area contributed by atoms with Crippen molar-refractivity contribution in [3.8, 4) is 33.6 Å². The molecule has 2 aliphatic rings. The first-order chi connectivity index (χ1) is 21.8. The van der Waals surface area contributed by atoms with Gasteiger partial charge in [-0.3, -0.25) is 9.69 Å². The van der Waals surface area contributed by atoms with E-state index in [4.69, 9.17) is 4.74 Å². The molecule has 0 aliphatic carbocycles. The fourth-order valence-electron chi connectivity index (χ4n) is 6.44. The normalized spacial score (nSPS) is 19.7. The summed E-state index contributed by atoms with van der Waals surface area (Å²) in [4.78, 5) is 44.2. The van der Waals surface area contributed by atoms with Gasteiger partial charge in [-0.15, -0.1) is 0 Å². The molecule has 2 aromatic heterocycles. The molecule has 3 N–H and O–H groups in total. The summed E-state index contributed by atoms with van der Waals surface area (Å²) in [7, 11) is 3.39. The number of nitrogens with zero attached hydrogens (tertiary/aromatic N) is 4. The Balaban J connectivity index is 1.06. The number of ether oxygens (including phenoxy) is 2. The Bertz CT molecular complexity index is 1610. The van der Waals surface area contributed by atoms with E-state index >= 15 is 0 Å². The van der Waals surface area contributed by atoms with Crippen LogP contribution in [0.4, 0.5) is 4.79 Å². The number of benzene rings is 2. The van der Waals surface area contributed by atoms with Crippen molar-refractivity contribution < 1.29 is 19.1 Å². The Labute approximate surface area is 263 Å². The van der Waals surface area contributed by atoms with Crippen LogP contribution in [0.15, 0.2) is 60.9 Å². The number of carbonyl (C=O) groups excluding carboxylic acids is 2. The lowest BCUT2D eigenvalue weighted by molar-refractivity contribution is -0.131. The summed E-state index contributed by atoms with van der Waals surface area (Å²) >= 11 is 0. The van der Waals surface area contributed by atoms with Gasteiger partial charge in [0, 0.05) is 19.7 Å². The van der Waals surface area contributed by atoms with Gasteiger partial charge >= 0.3 is 6.09 Å². The summed E-state index contributed by atoms with van der Waals surface area (Å²) in [5.74, 6) is 1.54. The van der Waals surface area contributed by atoms with Crippen LogP contribution in [0.1, 0.15) is 50.3 Å². The molecule has 2 aliphatic heterocycles. The zero-order valence-electron chi connectivity index (χ0n) is 26.1. The average Bonchev–Trinajstić information content (AvgIpc) is 3.87. The summed E-state index contributed by atoms with van der Waals surface area (Å²) in [5.41, 5.74) is 6.18. The average molecular weight is 612 g/mol. The molecule has 0 saturated carbocycles. The molecule has 4 heterocycles. The maximum atomic E-state index is 12.7. The number of rotatable bonds is 10. The molecule has 2 fully saturated rings. The van der Waals surface area contributed by atoms with Crippen LogP contribution in [-0.4, -0.2) is 87.7 Å². The highest BCUT2D eigenvalue weighted by atomic mass is 16.5. The largest absolute Gasteiger partial charge is 0.453 e. The second-order valence-corrected chi connectivity index (χ2v) is 12.2. The summed E-state index contributed by atoms with van der Waals surface area (Å²) in [5, 5.41) is 2.47. The van der Waals surface area contributed by atoms with Crippen LogP contribution in [0.2, 0.25) is 0 Å². The number of amides is 2. The second-order valence-electron chi connectivity index (χ2n) is 12.2. The van der Waals surface area contributed by atoms with Gasteiger partial charge in [0.1, 0.15) is 18.2 Å². The van der Waals surface area contributed by atoms with Crippen molar-refractivity contribution in [2.75, 3.05) is 40.4 Å². The van der Waals surface area contributed by atoms with E-state index in [0.717, 1.165) is 90.7 Å². The summed E-state index contributed by atoms with van der Waals surface area (Å²) in [6.45, 7) is 5.20. The molecule has 2 amide bonds. The number of likely N-dealkylation sites (tertiary alicyclic amines) is 1. The van der Waals surface area contributed by atoms with Gasteiger partial charge in [-0.05, 0) is 61.9 Å². The Morgan fingerprint density at radius 2 is 1.64 bits per heavy atom. The van der Waals surface area contributed by atoms with Gasteiger partial charge < -0.3 is 29.7 Å². The standard InChI is InChI=1S/C34H41N7O4/c1-34(15-5-17-45-34)22-40(2)21-30-35-18-27(38-30)25-11-7-23(8-12-25)24-9-13-26(14-10-24)28-19-36-32(39-28)29-6-4-16-41(29)31(42)20-37-33(43)44-3/h7-14,18-19,29H,4-6,15-17,20-22H2,1-3H3,(H,35,38)(H,36,39)(H,37,43)/t29-,34?/m0/s1. The summed E-state index contributed by atoms with van der Waals surface area (Å²) in [6, 6.07) is 16.7. The zero-order valence-corrected chi connectivity index (χ0v) is 26.1. The van der Waals surface area contributed by atoms with Crippen molar-refractivity contribution in [2.24, 2.45) is 0 Å². The number of carbonyl (C=O) groups is 2. The minimum atomic E-state index is -0.621. The zero-order chi connectivity index (χ0) is 31.4. The number of likely N-dealkylation sites (N-methyl/N-ethyl adjacent to an activating group) is 1. The van der Waals surface area contributed by atoms with E-state index in [0.29, 0.717) is 6.54 Å². The first-order valence-electron chi connectivity index (χ1n) is 15.5. The number of methoxy groups -OCH3 is 1. The van der Waals surface area contributed by atoms with Gasteiger partial charge in [-0.2, -0.15) is 0 Å². The van der Waals surface area contributed by atoms with Gasteiger partial charge in [0.05, 0.1) is 49.1 Å². The molecule has 0 bridgehead atoms. The number of hydrogen-bond acceptors (Lipinski definition) is 7. The maximum Gasteiger partial charge on any atom is 0.407 e. The minimum Gasteiger partial charge on any atom is -0.453 e. The molecule has 236 valence electrons. The molecule has 1 unspecified atom stereocenters. The van der Waals surface area contributed by atoms with E-state index in [2.05, 4.69) is 97.4 Å². The highest BCUT2D eigenvalue weighted by Crippen LogP contribution is 2.32. The van der Waals surface area contributed by atoms with E-state index < -0.39 is 6.09 Å². The van der Waals surface area contributed by atoms with Crippen molar-refractivity contribution in [2.45, 2.75) is 50.8 Å². The molecule has 11 nitrogen and oxygen atoms in total. The Morgan fingerprint density at radius 1 is 1.00 bits per heavy atom. The van der Waals surface area contributed by atoms with Crippen LogP contribution < -0.4 is 5.32 Å². The number of nitrogens with one attached hydrogen (secondary N) is 3. The van der Waals surface area contributed by atoms with Crippen LogP contribution in [0, 0.1) is 0 Å². The summed E-state index contributed by atoms with van der Waals surface area (Å²) < 4.78 is 10.5. The first-order valence-corrected chi connectivity index (χ1v) is 15.5. The first kappa shape index (κ1) is 30.5. The number of hydrogen-bond donors (Lipinski definition) is 3. The lowest BCUT2D eigenvalue weighted by Crippen LogP contribution is -2.40. The van der Waals surface area contributed by atoms with Gasteiger partial charge in [0.2, 0.25) is 5.91 Å². The van der Waals surface area contributed by atoms with Gasteiger partial charge in [-0.1, -0.05) is 48.5 Å². The van der Waals surface area contributed by atoms with Crippen molar-refractivity contribution in [3.05, 3.63) is 72.6 Å². The number of aromatic nitrogens is 4. The van der Waals surface area contributed by atoms with E-state index in [1.54, 1.807) is 4.90 Å². The molecule has 4 aromatic rings. The highest BCUT2D eigenvalue weighted by Gasteiger charge is 2.32. The molecular weight excluding hydrogens is 570 g/mol. The van der Waals surface area contributed by atoms with Crippen molar-refractivity contribution >= 4 is 12.0 Å². The van der Waals surface area contributed by atoms with Crippen molar-refractivity contribution in [1.29, 1.82) is 0 Å². The Hall–Kier alpha value is -4.48. The molecule has 45 heavy (non-hydrogen) atoms. The molecule has 2 aromatic carbocycles. The Morgan fingerprint density at radius 3 is 2.29 bits per heavy atom.